The van der Waals surface area contributed by atoms with Gasteiger partial charge in [-0.15, -0.1) is 0 Å². The maximum Gasteiger partial charge on any atom is 0.321 e. The lowest BCUT2D eigenvalue weighted by Gasteiger charge is -2.07. The van der Waals surface area contributed by atoms with Gasteiger partial charge in [-0.2, -0.15) is 0 Å². The lowest BCUT2D eigenvalue weighted by Crippen LogP contribution is -2.41. The third-order valence-corrected chi connectivity index (χ3v) is 2.62. The summed E-state index contributed by atoms with van der Waals surface area (Å²) < 4.78 is 4.81. The van der Waals surface area contributed by atoms with Crippen molar-refractivity contribution in [2.45, 2.75) is 26.7 Å². The number of esters is 1. The van der Waals surface area contributed by atoms with Crippen molar-refractivity contribution in [2.75, 3.05) is 13.2 Å². The van der Waals surface area contributed by atoms with Gasteiger partial charge in [0, 0.05) is 6.54 Å². The van der Waals surface area contributed by atoms with Crippen molar-refractivity contribution in [3.8, 4) is 0 Å². The predicted molar refractivity (Wildman–Crippen MR) is 77.7 cm³/mol. The summed E-state index contributed by atoms with van der Waals surface area (Å²) in [4.78, 5) is 34.1. The molecule has 0 saturated carbocycles. The molecule has 2 N–H and O–H groups in total. The Balaban J connectivity index is 2.27. The number of benzene rings is 1. The number of urea groups is 1. The SMILES string of the molecule is CCCNC(=O)NC(=O)COC(=O)Cc1ccc(C)cc1. The topological polar surface area (TPSA) is 84.5 Å². The molecule has 0 bridgehead atoms. The Hall–Kier alpha value is -2.37. The second kappa shape index (κ2) is 8.73. The summed E-state index contributed by atoms with van der Waals surface area (Å²) in [5.41, 5.74) is 1.91. The van der Waals surface area contributed by atoms with E-state index < -0.39 is 24.5 Å². The van der Waals surface area contributed by atoms with Crippen LogP contribution in [0.3, 0.4) is 0 Å². The zero-order valence-electron chi connectivity index (χ0n) is 12.3. The number of imide groups is 1. The van der Waals surface area contributed by atoms with Crippen LogP contribution >= 0.6 is 0 Å². The molecule has 0 spiro atoms. The van der Waals surface area contributed by atoms with Crippen molar-refractivity contribution in [1.29, 1.82) is 0 Å². The second-order valence-electron chi connectivity index (χ2n) is 4.63. The van der Waals surface area contributed by atoms with Crippen LogP contribution in [-0.4, -0.2) is 31.1 Å². The molecule has 1 aromatic carbocycles. The van der Waals surface area contributed by atoms with E-state index in [9.17, 15) is 14.4 Å². The number of carbonyl (C=O) groups is 3. The standard InChI is InChI=1S/C15H20N2O4/c1-3-8-16-15(20)17-13(18)10-21-14(19)9-12-6-4-11(2)5-7-12/h4-7H,3,8-10H2,1-2H3,(H2,16,17,18,20). The molecule has 0 atom stereocenters. The number of amides is 3. The van der Waals surface area contributed by atoms with Gasteiger partial charge >= 0.3 is 12.0 Å². The fraction of sp³-hybridized carbons (Fsp3) is 0.400. The van der Waals surface area contributed by atoms with Crippen LogP contribution in [0, 0.1) is 6.92 Å². The molecule has 114 valence electrons. The summed E-state index contributed by atoms with van der Waals surface area (Å²) in [6, 6.07) is 6.86. The Morgan fingerprint density at radius 2 is 1.81 bits per heavy atom. The van der Waals surface area contributed by atoms with E-state index in [4.69, 9.17) is 4.74 Å². The highest BCUT2D eigenvalue weighted by Gasteiger charge is 2.10. The summed E-state index contributed by atoms with van der Waals surface area (Å²) in [7, 11) is 0. The number of rotatable bonds is 6. The molecule has 0 aliphatic rings. The van der Waals surface area contributed by atoms with Crippen LogP contribution in [0.1, 0.15) is 24.5 Å². The van der Waals surface area contributed by atoms with Gasteiger partial charge in [0.15, 0.2) is 6.61 Å². The highest BCUT2D eigenvalue weighted by Crippen LogP contribution is 2.04. The maximum absolute atomic E-state index is 11.6. The number of ether oxygens (including phenoxy) is 1. The largest absolute Gasteiger partial charge is 0.455 e. The molecule has 6 heteroatoms. The summed E-state index contributed by atoms with van der Waals surface area (Å²) in [6.07, 6.45) is 0.864. The van der Waals surface area contributed by atoms with Gasteiger partial charge < -0.3 is 10.1 Å². The van der Waals surface area contributed by atoms with Crippen molar-refractivity contribution in [3.05, 3.63) is 35.4 Å². The van der Waals surface area contributed by atoms with Gasteiger partial charge in [-0.1, -0.05) is 36.8 Å². The zero-order valence-corrected chi connectivity index (χ0v) is 12.3. The average Bonchev–Trinajstić information content (AvgIpc) is 2.45. The van der Waals surface area contributed by atoms with E-state index in [-0.39, 0.29) is 6.42 Å². The monoisotopic (exact) mass is 292 g/mol. The van der Waals surface area contributed by atoms with Crippen LogP contribution in [0.5, 0.6) is 0 Å². The number of nitrogens with one attached hydrogen (secondary N) is 2. The molecule has 6 nitrogen and oxygen atoms in total. The number of carbonyl (C=O) groups excluding carboxylic acids is 3. The Kier molecular flexibility index (Phi) is 6.94. The van der Waals surface area contributed by atoms with Gasteiger partial charge in [0.2, 0.25) is 0 Å². The third kappa shape index (κ3) is 7.10. The fourth-order valence-corrected chi connectivity index (χ4v) is 1.52. The quantitative estimate of drug-likeness (QED) is 0.774. The second-order valence-corrected chi connectivity index (χ2v) is 4.63. The molecule has 0 aliphatic heterocycles. The van der Waals surface area contributed by atoms with E-state index in [0.29, 0.717) is 6.54 Å². The Morgan fingerprint density at radius 3 is 2.43 bits per heavy atom. The first kappa shape index (κ1) is 16.7. The van der Waals surface area contributed by atoms with Gasteiger partial charge in [-0.25, -0.2) is 4.79 Å². The van der Waals surface area contributed by atoms with Crippen molar-refractivity contribution in [3.63, 3.8) is 0 Å². The molecule has 0 saturated heterocycles. The lowest BCUT2D eigenvalue weighted by molar-refractivity contribution is -0.147. The molecule has 0 aromatic heterocycles. The van der Waals surface area contributed by atoms with E-state index in [1.165, 1.54) is 0 Å². The summed E-state index contributed by atoms with van der Waals surface area (Å²) in [6.45, 7) is 3.86. The van der Waals surface area contributed by atoms with Gasteiger partial charge in [-0.05, 0) is 18.9 Å². The first-order valence-corrected chi connectivity index (χ1v) is 6.80. The van der Waals surface area contributed by atoms with Crippen molar-refractivity contribution < 1.29 is 19.1 Å². The molecular weight excluding hydrogens is 272 g/mol. The number of hydrogen-bond donors (Lipinski definition) is 2. The molecule has 1 rings (SSSR count). The molecule has 3 amide bonds. The molecule has 0 aliphatic carbocycles. The number of aryl methyl sites for hydroxylation is 1. The van der Waals surface area contributed by atoms with Crippen LogP contribution in [0.2, 0.25) is 0 Å². The first-order valence-electron chi connectivity index (χ1n) is 6.80. The fourth-order valence-electron chi connectivity index (χ4n) is 1.52. The maximum atomic E-state index is 11.6. The lowest BCUT2D eigenvalue weighted by atomic mass is 10.1. The van der Waals surface area contributed by atoms with Gasteiger partial charge in [0.25, 0.3) is 5.91 Å². The minimum Gasteiger partial charge on any atom is -0.455 e. The van der Waals surface area contributed by atoms with E-state index >= 15 is 0 Å². The zero-order chi connectivity index (χ0) is 15.7. The molecule has 1 aromatic rings. The van der Waals surface area contributed by atoms with Crippen molar-refractivity contribution >= 4 is 17.9 Å². The minimum atomic E-state index is -0.652. The van der Waals surface area contributed by atoms with Gasteiger partial charge in [0.1, 0.15) is 0 Å². The van der Waals surface area contributed by atoms with Crippen LogP contribution in [0.4, 0.5) is 4.79 Å². The molecule has 0 fully saturated rings. The van der Waals surface area contributed by atoms with E-state index in [1.54, 1.807) is 0 Å². The predicted octanol–water partition coefficient (Wildman–Crippen LogP) is 1.32. The van der Waals surface area contributed by atoms with Gasteiger partial charge in [-0.3, -0.25) is 14.9 Å². The Bertz CT molecular complexity index is 497. The van der Waals surface area contributed by atoms with E-state index in [2.05, 4.69) is 10.6 Å². The summed E-state index contributed by atoms with van der Waals surface area (Å²) in [5, 5.41) is 4.56. The smallest absolute Gasteiger partial charge is 0.321 e. The summed E-state index contributed by atoms with van der Waals surface area (Å²) in [5.74, 6) is -1.16. The number of hydrogen-bond acceptors (Lipinski definition) is 4. The van der Waals surface area contributed by atoms with Crippen LogP contribution < -0.4 is 10.6 Å². The van der Waals surface area contributed by atoms with Crippen molar-refractivity contribution in [1.82, 2.24) is 10.6 Å². The molecule has 0 heterocycles. The Morgan fingerprint density at radius 1 is 1.14 bits per heavy atom. The highest BCUT2D eigenvalue weighted by molar-refractivity contribution is 5.95. The summed E-state index contributed by atoms with van der Waals surface area (Å²) >= 11 is 0. The first-order chi connectivity index (χ1) is 10.0. The molecular formula is C15H20N2O4. The molecule has 0 unspecified atom stereocenters. The normalized spacial score (nSPS) is 9.81. The minimum absolute atomic E-state index is 0.0928. The molecule has 21 heavy (non-hydrogen) atoms. The Labute approximate surface area is 123 Å². The van der Waals surface area contributed by atoms with E-state index in [0.717, 1.165) is 17.5 Å². The van der Waals surface area contributed by atoms with Crippen LogP contribution in [0.25, 0.3) is 0 Å². The highest BCUT2D eigenvalue weighted by atomic mass is 16.5. The van der Waals surface area contributed by atoms with Crippen molar-refractivity contribution in [2.24, 2.45) is 0 Å². The van der Waals surface area contributed by atoms with E-state index in [1.807, 2.05) is 38.1 Å². The van der Waals surface area contributed by atoms with Gasteiger partial charge in [0.05, 0.1) is 6.42 Å². The van der Waals surface area contributed by atoms with Crippen LogP contribution in [0.15, 0.2) is 24.3 Å². The van der Waals surface area contributed by atoms with Crippen LogP contribution in [-0.2, 0) is 20.7 Å². The molecule has 0 radical (unpaired) electrons. The average molecular weight is 292 g/mol. The third-order valence-electron chi connectivity index (χ3n) is 2.62.